The fraction of sp³-hybridized carbons (Fsp3) is 0.533. The van der Waals surface area contributed by atoms with Gasteiger partial charge >= 0.3 is 0 Å². The highest BCUT2D eigenvalue weighted by atomic mass is 16.2. The maximum absolute atomic E-state index is 12.1. The molecule has 0 aliphatic carbocycles. The van der Waals surface area contributed by atoms with E-state index in [0.717, 1.165) is 12.0 Å². The van der Waals surface area contributed by atoms with Gasteiger partial charge in [-0.15, -0.1) is 0 Å². The summed E-state index contributed by atoms with van der Waals surface area (Å²) in [7, 11) is 1.85. The van der Waals surface area contributed by atoms with E-state index in [2.05, 4.69) is 26.0 Å². The minimum atomic E-state index is 0.152. The molecule has 3 heteroatoms. The van der Waals surface area contributed by atoms with Crippen molar-refractivity contribution in [3.05, 3.63) is 34.9 Å². The van der Waals surface area contributed by atoms with Crippen molar-refractivity contribution >= 4 is 5.91 Å². The molecule has 0 aromatic heterocycles. The predicted octanol–water partition coefficient (Wildman–Crippen LogP) is 2.04. The minimum absolute atomic E-state index is 0.152. The number of carbonyl (C=O) groups excluding carboxylic acids is 1. The number of benzene rings is 1. The van der Waals surface area contributed by atoms with E-state index < -0.39 is 0 Å². The maximum atomic E-state index is 12.1. The number of amides is 1. The van der Waals surface area contributed by atoms with Gasteiger partial charge in [-0.05, 0) is 50.4 Å². The second-order valence-corrected chi connectivity index (χ2v) is 5.03. The summed E-state index contributed by atoms with van der Waals surface area (Å²) in [6.45, 7) is 6.80. The van der Waals surface area contributed by atoms with Gasteiger partial charge in [0.15, 0.2) is 0 Å². The summed E-state index contributed by atoms with van der Waals surface area (Å²) in [5.41, 5.74) is 9.09. The fourth-order valence-electron chi connectivity index (χ4n) is 1.89. The van der Waals surface area contributed by atoms with Crippen LogP contribution in [0.3, 0.4) is 0 Å². The Morgan fingerprint density at radius 2 is 2.00 bits per heavy atom. The van der Waals surface area contributed by atoms with Gasteiger partial charge < -0.3 is 10.6 Å². The van der Waals surface area contributed by atoms with E-state index in [-0.39, 0.29) is 11.9 Å². The Bertz CT molecular complexity index is 415. The van der Waals surface area contributed by atoms with Crippen LogP contribution in [0.1, 0.15) is 30.0 Å². The van der Waals surface area contributed by atoms with Crippen LogP contribution in [0, 0.1) is 13.8 Å². The second kappa shape index (κ2) is 6.55. The first-order valence-electron chi connectivity index (χ1n) is 6.47. The van der Waals surface area contributed by atoms with E-state index in [9.17, 15) is 4.79 Å². The summed E-state index contributed by atoms with van der Waals surface area (Å²) in [4.78, 5) is 13.9. The Kier molecular flexibility index (Phi) is 5.35. The van der Waals surface area contributed by atoms with Crippen molar-refractivity contribution in [2.75, 3.05) is 13.6 Å². The number of nitrogens with zero attached hydrogens (tertiary/aromatic N) is 1. The lowest BCUT2D eigenvalue weighted by atomic mass is 10.0. The maximum Gasteiger partial charge on any atom is 0.226 e. The number of nitrogens with two attached hydrogens (primary N) is 1. The third kappa shape index (κ3) is 3.84. The standard InChI is InChI=1S/C15H24N2O/c1-11-5-6-14(9-12(11)2)10-15(18)17(4)13(3)7-8-16/h5-6,9,13H,7-8,10,16H2,1-4H3. The minimum Gasteiger partial charge on any atom is -0.343 e. The van der Waals surface area contributed by atoms with Crippen LogP contribution >= 0.6 is 0 Å². The molecule has 0 fully saturated rings. The molecule has 0 spiro atoms. The van der Waals surface area contributed by atoms with Crippen molar-refractivity contribution < 1.29 is 4.79 Å². The van der Waals surface area contributed by atoms with Gasteiger partial charge in [-0.25, -0.2) is 0 Å². The molecule has 1 amide bonds. The lowest BCUT2D eigenvalue weighted by Crippen LogP contribution is -2.37. The molecule has 1 rings (SSSR count). The molecule has 0 bridgehead atoms. The summed E-state index contributed by atoms with van der Waals surface area (Å²) in [6, 6.07) is 6.39. The zero-order valence-corrected chi connectivity index (χ0v) is 11.9. The molecule has 0 aliphatic rings. The molecule has 0 saturated heterocycles. The van der Waals surface area contributed by atoms with Crippen molar-refractivity contribution in [3.8, 4) is 0 Å². The largest absolute Gasteiger partial charge is 0.343 e. The molecule has 3 nitrogen and oxygen atoms in total. The van der Waals surface area contributed by atoms with Crippen molar-refractivity contribution in [2.24, 2.45) is 5.73 Å². The first-order chi connectivity index (χ1) is 8.45. The second-order valence-electron chi connectivity index (χ2n) is 5.03. The summed E-state index contributed by atoms with van der Waals surface area (Å²) < 4.78 is 0. The Labute approximate surface area is 110 Å². The Hall–Kier alpha value is -1.35. The third-order valence-corrected chi connectivity index (χ3v) is 3.57. The quantitative estimate of drug-likeness (QED) is 0.866. The van der Waals surface area contributed by atoms with E-state index in [1.54, 1.807) is 4.90 Å². The Morgan fingerprint density at radius 1 is 1.33 bits per heavy atom. The van der Waals surface area contributed by atoms with Crippen LogP contribution in [-0.2, 0) is 11.2 Å². The van der Waals surface area contributed by atoms with Crippen molar-refractivity contribution in [2.45, 2.75) is 39.7 Å². The molecule has 0 aliphatic heterocycles. The van der Waals surface area contributed by atoms with Crippen LogP contribution in [0.5, 0.6) is 0 Å². The van der Waals surface area contributed by atoms with Crippen LogP contribution in [0.15, 0.2) is 18.2 Å². The molecule has 1 aromatic rings. The summed E-state index contributed by atoms with van der Waals surface area (Å²) in [5, 5.41) is 0. The average molecular weight is 248 g/mol. The number of hydrogen-bond acceptors (Lipinski definition) is 2. The van der Waals surface area contributed by atoms with Gasteiger partial charge in [0, 0.05) is 13.1 Å². The van der Waals surface area contributed by atoms with Crippen molar-refractivity contribution in [3.63, 3.8) is 0 Å². The van der Waals surface area contributed by atoms with Gasteiger partial charge in [0.1, 0.15) is 0 Å². The molecule has 1 atom stereocenters. The number of carbonyl (C=O) groups is 1. The van der Waals surface area contributed by atoms with E-state index >= 15 is 0 Å². The number of aryl methyl sites for hydroxylation is 2. The van der Waals surface area contributed by atoms with E-state index in [1.165, 1.54) is 11.1 Å². The molecule has 1 unspecified atom stereocenters. The number of likely N-dealkylation sites (N-methyl/N-ethyl adjacent to an activating group) is 1. The predicted molar refractivity (Wildman–Crippen MR) is 75.5 cm³/mol. The molecule has 2 N–H and O–H groups in total. The van der Waals surface area contributed by atoms with Gasteiger partial charge in [0.2, 0.25) is 5.91 Å². The van der Waals surface area contributed by atoms with Gasteiger partial charge in [-0.2, -0.15) is 0 Å². The first kappa shape index (κ1) is 14.7. The normalized spacial score (nSPS) is 12.3. The van der Waals surface area contributed by atoms with Crippen LogP contribution in [0.25, 0.3) is 0 Å². The van der Waals surface area contributed by atoms with Crippen molar-refractivity contribution in [1.29, 1.82) is 0 Å². The van der Waals surface area contributed by atoms with E-state index in [0.29, 0.717) is 13.0 Å². The van der Waals surface area contributed by atoms with E-state index in [1.807, 2.05) is 20.0 Å². The monoisotopic (exact) mass is 248 g/mol. The smallest absolute Gasteiger partial charge is 0.226 e. The highest BCUT2D eigenvalue weighted by Crippen LogP contribution is 2.12. The lowest BCUT2D eigenvalue weighted by molar-refractivity contribution is -0.131. The highest BCUT2D eigenvalue weighted by molar-refractivity contribution is 5.78. The van der Waals surface area contributed by atoms with Gasteiger partial charge in [0.05, 0.1) is 6.42 Å². The van der Waals surface area contributed by atoms with Crippen LogP contribution in [0.2, 0.25) is 0 Å². The van der Waals surface area contributed by atoms with Crippen LogP contribution < -0.4 is 5.73 Å². The zero-order chi connectivity index (χ0) is 13.7. The molecule has 18 heavy (non-hydrogen) atoms. The molecule has 0 radical (unpaired) electrons. The first-order valence-corrected chi connectivity index (χ1v) is 6.47. The van der Waals surface area contributed by atoms with Gasteiger partial charge in [0.25, 0.3) is 0 Å². The third-order valence-electron chi connectivity index (χ3n) is 3.57. The molecule has 0 saturated carbocycles. The SMILES string of the molecule is Cc1ccc(CC(=O)N(C)C(C)CCN)cc1C. The molecule has 0 heterocycles. The zero-order valence-electron chi connectivity index (χ0n) is 11.9. The molecule has 1 aromatic carbocycles. The summed E-state index contributed by atoms with van der Waals surface area (Å²) in [6.07, 6.45) is 1.31. The van der Waals surface area contributed by atoms with Gasteiger partial charge in [-0.1, -0.05) is 18.2 Å². The van der Waals surface area contributed by atoms with Crippen LogP contribution in [-0.4, -0.2) is 30.4 Å². The topological polar surface area (TPSA) is 46.3 Å². The number of rotatable bonds is 5. The Morgan fingerprint density at radius 3 is 2.56 bits per heavy atom. The average Bonchev–Trinajstić information content (AvgIpc) is 2.33. The fourth-order valence-corrected chi connectivity index (χ4v) is 1.89. The van der Waals surface area contributed by atoms with E-state index in [4.69, 9.17) is 5.73 Å². The summed E-state index contributed by atoms with van der Waals surface area (Å²) >= 11 is 0. The molecule has 100 valence electrons. The van der Waals surface area contributed by atoms with Crippen LogP contribution in [0.4, 0.5) is 0 Å². The number of hydrogen-bond donors (Lipinski definition) is 1. The molecular formula is C15H24N2O. The summed E-state index contributed by atoms with van der Waals surface area (Å²) in [5.74, 6) is 0.152. The molecular weight excluding hydrogens is 224 g/mol. The van der Waals surface area contributed by atoms with Gasteiger partial charge in [-0.3, -0.25) is 4.79 Å². The Balaban J connectivity index is 2.66. The lowest BCUT2D eigenvalue weighted by Gasteiger charge is -2.24. The highest BCUT2D eigenvalue weighted by Gasteiger charge is 2.15. The van der Waals surface area contributed by atoms with Crippen molar-refractivity contribution in [1.82, 2.24) is 4.90 Å².